The van der Waals surface area contributed by atoms with Gasteiger partial charge in [0.2, 0.25) is 10.0 Å². The monoisotopic (exact) mass is 369 g/mol. The average molecular weight is 370 g/mol. The molecule has 0 spiro atoms. The normalized spacial score (nSPS) is 12.7. The summed E-state index contributed by atoms with van der Waals surface area (Å²) in [5, 5.41) is 0.608. The summed E-state index contributed by atoms with van der Waals surface area (Å²) in [6.07, 6.45) is 0.605. The number of sulfonamides is 1. The molecule has 0 saturated carbocycles. The van der Waals surface area contributed by atoms with Crippen LogP contribution in [0.3, 0.4) is 0 Å². The summed E-state index contributed by atoms with van der Waals surface area (Å²) >= 11 is 5.89. The molecule has 0 amide bonds. The second-order valence-electron chi connectivity index (χ2n) is 5.15. The molecule has 0 aliphatic rings. The molecule has 0 fully saturated rings. The molecule has 5 nitrogen and oxygen atoms in total. The van der Waals surface area contributed by atoms with Crippen LogP contribution in [0.1, 0.15) is 24.9 Å². The van der Waals surface area contributed by atoms with Gasteiger partial charge in [-0.2, -0.15) is 0 Å². The molecular weight excluding hydrogens is 350 g/mol. The van der Waals surface area contributed by atoms with Crippen molar-refractivity contribution in [3.63, 3.8) is 0 Å². The minimum Gasteiger partial charge on any atom is -0.493 e. The lowest BCUT2D eigenvalue weighted by molar-refractivity contribution is 0.354. The maximum absolute atomic E-state index is 12.7. The van der Waals surface area contributed by atoms with Crippen molar-refractivity contribution in [3.8, 4) is 11.5 Å². The van der Waals surface area contributed by atoms with Gasteiger partial charge in [0.05, 0.1) is 19.1 Å². The Morgan fingerprint density at radius 2 is 1.67 bits per heavy atom. The van der Waals surface area contributed by atoms with Crippen LogP contribution in [0.15, 0.2) is 47.4 Å². The summed E-state index contributed by atoms with van der Waals surface area (Å²) in [4.78, 5) is 0.118. The van der Waals surface area contributed by atoms with Crippen LogP contribution in [-0.4, -0.2) is 22.6 Å². The Balaban J connectivity index is 2.30. The summed E-state index contributed by atoms with van der Waals surface area (Å²) in [6, 6.07) is 11.3. The van der Waals surface area contributed by atoms with Crippen molar-refractivity contribution < 1.29 is 17.9 Å². The molecule has 0 bridgehead atoms. The maximum Gasteiger partial charge on any atom is 0.241 e. The van der Waals surface area contributed by atoms with Gasteiger partial charge < -0.3 is 9.47 Å². The first kappa shape index (κ1) is 18.6. The fraction of sp³-hybridized carbons (Fsp3) is 0.294. The number of hydrogen-bond donors (Lipinski definition) is 1. The van der Waals surface area contributed by atoms with Gasteiger partial charge in [0, 0.05) is 17.1 Å². The Morgan fingerprint density at radius 1 is 1.04 bits per heavy atom. The number of hydrogen-bond acceptors (Lipinski definition) is 4. The van der Waals surface area contributed by atoms with E-state index in [-0.39, 0.29) is 10.9 Å². The molecule has 0 aliphatic carbocycles. The zero-order chi connectivity index (χ0) is 17.7. The van der Waals surface area contributed by atoms with E-state index in [1.807, 2.05) is 19.1 Å². The van der Waals surface area contributed by atoms with E-state index in [0.29, 0.717) is 22.9 Å². The van der Waals surface area contributed by atoms with Crippen molar-refractivity contribution in [3.05, 3.63) is 53.1 Å². The van der Waals surface area contributed by atoms with E-state index >= 15 is 0 Å². The van der Waals surface area contributed by atoms with Crippen LogP contribution in [0.4, 0.5) is 0 Å². The summed E-state index contributed by atoms with van der Waals surface area (Å²) in [5.41, 5.74) is 0.853. The topological polar surface area (TPSA) is 64.6 Å². The van der Waals surface area contributed by atoms with E-state index in [4.69, 9.17) is 21.1 Å². The van der Waals surface area contributed by atoms with Gasteiger partial charge in [-0.15, -0.1) is 0 Å². The van der Waals surface area contributed by atoms with Crippen molar-refractivity contribution in [1.82, 2.24) is 4.72 Å². The van der Waals surface area contributed by atoms with Gasteiger partial charge in [0.1, 0.15) is 0 Å². The van der Waals surface area contributed by atoms with Gasteiger partial charge in [-0.1, -0.05) is 30.7 Å². The van der Waals surface area contributed by atoms with Crippen molar-refractivity contribution in [1.29, 1.82) is 0 Å². The highest BCUT2D eigenvalue weighted by molar-refractivity contribution is 7.89. The first-order valence-electron chi connectivity index (χ1n) is 7.41. The Bertz CT molecular complexity index is 791. The second kappa shape index (κ2) is 7.88. The Labute approximate surface area is 147 Å². The molecular formula is C17H20ClNO4S. The molecule has 24 heavy (non-hydrogen) atoms. The Kier molecular flexibility index (Phi) is 6.10. The van der Waals surface area contributed by atoms with Crippen LogP contribution in [-0.2, 0) is 10.0 Å². The highest BCUT2D eigenvalue weighted by Crippen LogP contribution is 2.30. The smallest absolute Gasteiger partial charge is 0.241 e. The molecule has 0 saturated heterocycles. The van der Waals surface area contributed by atoms with Gasteiger partial charge >= 0.3 is 0 Å². The molecule has 2 rings (SSSR count). The van der Waals surface area contributed by atoms with Gasteiger partial charge in [-0.05, 0) is 36.2 Å². The van der Waals surface area contributed by atoms with E-state index in [0.717, 1.165) is 5.56 Å². The van der Waals surface area contributed by atoms with E-state index in [2.05, 4.69) is 4.72 Å². The van der Waals surface area contributed by atoms with Gasteiger partial charge in [0.25, 0.3) is 0 Å². The minimum absolute atomic E-state index is 0.118. The molecule has 1 N–H and O–H groups in total. The molecule has 0 aliphatic heterocycles. The average Bonchev–Trinajstić information content (AvgIpc) is 2.59. The fourth-order valence-corrected chi connectivity index (χ4v) is 3.77. The van der Waals surface area contributed by atoms with Gasteiger partial charge in [0.15, 0.2) is 11.5 Å². The molecule has 1 atom stereocenters. The standard InChI is InChI=1S/C17H20ClNO4S/c1-4-15(12-5-7-13(18)8-6-12)19-24(20,21)14-9-10-16(22-2)17(11-14)23-3/h5-11,15,19H,4H2,1-3H3/t15-/m0/s1. The molecule has 0 radical (unpaired) electrons. The van der Waals surface area contributed by atoms with E-state index in [9.17, 15) is 8.42 Å². The van der Waals surface area contributed by atoms with Crippen molar-refractivity contribution in [2.24, 2.45) is 0 Å². The van der Waals surface area contributed by atoms with Crippen LogP contribution >= 0.6 is 11.6 Å². The summed E-state index contributed by atoms with van der Waals surface area (Å²) in [5.74, 6) is 0.834. The predicted molar refractivity (Wildman–Crippen MR) is 94.4 cm³/mol. The molecule has 0 unspecified atom stereocenters. The third-order valence-electron chi connectivity index (χ3n) is 3.64. The third-order valence-corrected chi connectivity index (χ3v) is 5.36. The number of nitrogens with one attached hydrogen (secondary N) is 1. The summed E-state index contributed by atoms with van der Waals surface area (Å²) in [7, 11) is -0.746. The number of rotatable bonds is 7. The zero-order valence-corrected chi connectivity index (χ0v) is 15.3. The number of methoxy groups -OCH3 is 2. The van der Waals surface area contributed by atoms with E-state index in [1.165, 1.54) is 26.4 Å². The molecule has 130 valence electrons. The third kappa shape index (κ3) is 4.20. The summed E-state index contributed by atoms with van der Waals surface area (Å²) in [6.45, 7) is 1.91. The van der Waals surface area contributed by atoms with E-state index in [1.54, 1.807) is 18.2 Å². The largest absolute Gasteiger partial charge is 0.493 e. The van der Waals surface area contributed by atoms with Crippen LogP contribution in [0, 0.1) is 0 Å². The highest BCUT2D eigenvalue weighted by Gasteiger charge is 2.21. The van der Waals surface area contributed by atoms with E-state index < -0.39 is 10.0 Å². The molecule has 0 heterocycles. The van der Waals surface area contributed by atoms with Gasteiger partial charge in [-0.25, -0.2) is 13.1 Å². The minimum atomic E-state index is -3.71. The summed E-state index contributed by atoms with van der Waals surface area (Å²) < 4.78 is 38.4. The zero-order valence-electron chi connectivity index (χ0n) is 13.7. The first-order valence-corrected chi connectivity index (χ1v) is 9.27. The molecule has 2 aromatic carbocycles. The Morgan fingerprint density at radius 3 is 2.21 bits per heavy atom. The predicted octanol–water partition coefficient (Wildman–Crippen LogP) is 3.79. The fourth-order valence-electron chi connectivity index (χ4n) is 2.32. The SMILES string of the molecule is CC[C@H](NS(=O)(=O)c1ccc(OC)c(OC)c1)c1ccc(Cl)cc1. The van der Waals surface area contributed by atoms with Crippen LogP contribution in [0.2, 0.25) is 5.02 Å². The van der Waals surface area contributed by atoms with Gasteiger partial charge in [-0.3, -0.25) is 0 Å². The molecule has 0 aromatic heterocycles. The van der Waals surface area contributed by atoms with Crippen LogP contribution < -0.4 is 14.2 Å². The van der Waals surface area contributed by atoms with Crippen molar-refractivity contribution >= 4 is 21.6 Å². The lowest BCUT2D eigenvalue weighted by atomic mass is 10.1. The quantitative estimate of drug-likeness (QED) is 0.806. The molecule has 7 heteroatoms. The lowest BCUT2D eigenvalue weighted by Gasteiger charge is -2.18. The number of ether oxygens (including phenoxy) is 2. The van der Waals surface area contributed by atoms with Crippen molar-refractivity contribution in [2.75, 3.05) is 14.2 Å². The van der Waals surface area contributed by atoms with Crippen LogP contribution in [0.5, 0.6) is 11.5 Å². The lowest BCUT2D eigenvalue weighted by Crippen LogP contribution is -2.28. The molecule has 2 aromatic rings. The Hall–Kier alpha value is -1.76. The second-order valence-corrected chi connectivity index (χ2v) is 7.30. The van der Waals surface area contributed by atoms with Crippen LogP contribution in [0.25, 0.3) is 0 Å². The highest BCUT2D eigenvalue weighted by atomic mass is 35.5. The maximum atomic E-state index is 12.7. The number of benzene rings is 2. The van der Waals surface area contributed by atoms with Crippen molar-refractivity contribution in [2.45, 2.75) is 24.3 Å². The number of halogens is 1. The first-order chi connectivity index (χ1) is 11.4.